The third kappa shape index (κ3) is 13.8. The second-order valence-electron chi connectivity index (χ2n) is 39.5. The van der Waals surface area contributed by atoms with E-state index in [4.69, 9.17) is 0 Å². The summed E-state index contributed by atoms with van der Waals surface area (Å²) in [6.07, 6.45) is 12.6. The lowest BCUT2D eigenvalue weighted by molar-refractivity contribution is 0.154. The highest BCUT2D eigenvalue weighted by molar-refractivity contribution is 6.14. The fourth-order valence-electron chi connectivity index (χ4n) is 25.8. The summed E-state index contributed by atoms with van der Waals surface area (Å²) in [5.74, 6) is 0. The number of fused-ring (bicyclic) bond motifs is 23. The molecule has 0 N–H and O–H groups in total. The quantitative estimate of drug-likeness (QED) is 0.149. The van der Waals surface area contributed by atoms with Gasteiger partial charge in [0.15, 0.2) is 0 Å². The number of hydrogen-bond acceptors (Lipinski definition) is 8. The summed E-state index contributed by atoms with van der Waals surface area (Å²) in [6.45, 7) is 22.0. The van der Waals surface area contributed by atoms with Crippen LogP contribution in [0, 0.1) is 27.7 Å². The lowest BCUT2D eigenvalue weighted by atomic mass is 9.84. The van der Waals surface area contributed by atoms with Crippen molar-refractivity contribution in [2.24, 2.45) is 0 Å². The van der Waals surface area contributed by atoms with E-state index in [0.29, 0.717) is 54.9 Å². The minimum atomic E-state index is 0.318. The van der Waals surface area contributed by atoms with E-state index in [1.54, 1.807) is 0 Å². The molecule has 14 heterocycles. The van der Waals surface area contributed by atoms with Crippen molar-refractivity contribution < 1.29 is 0 Å². The minimum absolute atomic E-state index is 0.318. The summed E-state index contributed by atoms with van der Waals surface area (Å²) in [5, 5.41) is 10.6. The molecule has 15 aromatic carbocycles. The highest BCUT2D eigenvalue weighted by Crippen LogP contribution is 2.53. The number of aryl methyl sites for hydroxylation is 4. The van der Waals surface area contributed by atoms with Gasteiger partial charge in [-0.15, -0.1) is 0 Å². The highest BCUT2D eigenvalue weighted by atomic mass is 15.4. The van der Waals surface area contributed by atoms with Crippen LogP contribution in [0.25, 0.3) is 110 Å². The Hall–Kier alpha value is -13.6. The maximum atomic E-state index is 2.73. The summed E-state index contributed by atoms with van der Waals surface area (Å²) in [5.41, 5.74) is 34.9. The van der Waals surface area contributed by atoms with Crippen molar-refractivity contribution in [3.05, 3.63) is 390 Å². The van der Waals surface area contributed by atoms with Gasteiger partial charge in [0.05, 0.1) is 80.9 Å². The zero-order valence-corrected chi connectivity index (χ0v) is 79.0. The van der Waals surface area contributed by atoms with Crippen LogP contribution in [-0.2, 0) is 13.0 Å². The molecule has 5 saturated heterocycles. The molecule has 31 rings (SSSR count). The molecule has 0 spiro atoms. The first-order chi connectivity index (χ1) is 65.7. The Morgan fingerprint density at radius 2 is 0.567 bits per heavy atom. The molecule has 19 aromatic rings. The van der Waals surface area contributed by atoms with Gasteiger partial charge in [0.2, 0.25) is 0 Å². The van der Waals surface area contributed by atoms with Gasteiger partial charge in [0, 0.05) is 138 Å². The molecule has 10 aliphatic heterocycles. The third-order valence-electron chi connectivity index (χ3n) is 32.5. The lowest BCUT2D eigenvalue weighted by Crippen LogP contribution is -2.56. The van der Waals surface area contributed by atoms with E-state index in [1.807, 2.05) is 0 Å². The van der Waals surface area contributed by atoms with Gasteiger partial charge in [0.25, 0.3) is 0 Å². The number of rotatable bonds is 8. The molecule has 12 nitrogen and oxygen atoms in total. The van der Waals surface area contributed by atoms with Gasteiger partial charge < -0.3 is 42.8 Å². The summed E-state index contributed by atoms with van der Waals surface area (Å²) in [7, 11) is 4.63. The molecule has 6 fully saturated rings. The van der Waals surface area contributed by atoms with Crippen LogP contribution in [0.5, 0.6) is 0 Å². The minimum Gasteiger partial charge on any atom is -0.353 e. The van der Waals surface area contributed by atoms with Gasteiger partial charge in [-0.05, 0) is 305 Å². The first kappa shape index (κ1) is 83.5. The van der Waals surface area contributed by atoms with Gasteiger partial charge >= 0.3 is 0 Å². The van der Waals surface area contributed by atoms with Crippen LogP contribution in [0.3, 0.4) is 0 Å². The predicted octanol–water partition coefficient (Wildman–Crippen LogP) is 28.6. The lowest BCUT2D eigenvalue weighted by Gasteiger charge is -2.47. The molecular weight excluding hydrogens is 1630 g/mol. The normalized spacial score (nSPS) is 21.8. The van der Waals surface area contributed by atoms with Crippen LogP contribution in [0.1, 0.15) is 147 Å². The second kappa shape index (κ2) is 33.8. The molecule has 668 valence electrons. The van der Waals surface area contributed by atoms with E-state index in [0.717, 1.165) is 32.1 Å². The van der Waals surface area contributed by atoms with E-state index < -0.39 is 0 Å². The van der Waals surface area contributed by atoms with Crippen LogP contribution in [0.4, 0.5) is 28.4 Å². The van der Waals surface area contributed by atoms with Crippen molar-refractivity contribution in [1.29, 1.82) is 0 Å². The highest BCUT2D eigenvalue weighted by Gasteiger charge is 2.45. The SMILES string of the molecule is Cc1cc2c(cc1N1C3CCC(CC3)N(C)C1C)c1ccccc1n2-c1ccccc1.Cc1cc2c(cc1N1C3CCC(c4ccccc43)N(C)C1C)c1ccccc1n2-c1ccccc1.Cc1cc2c(cc1N1C3CCN(Cc4ccccc43)C1C)c1ccccc1n2-c1ccccc1.Cc1cc2c(cc1N1C3CCN(c4ccccc4C3)C1C)c1ccccc1n2-c1ccccc1. The summed E-state index contributed by atoms with van der Waals surface area (Å²) in [6, 6.07) is 128. The molecule has 4 aromatic heterocycles. The Kier molecular flexibility index (Phi) is 21.1. The molecule has 2 aliphatic carbocycles. The van der Waals surface area contributed by atoms with Crippen LogP contribution in [0.2, 0.25) is 0 Å². The maximum Gasteiger partial charge on any atom is 0.0989 e. The molecule has 12 aliphatic rings. The van der Waals surface area contributed by atoms with E-state index in [2.05, 4.69) is 467 Å². The van der Waals surface area contributed by atoms with E-state index in [-0.39, 0.29) is 0 Å². The van der Waals surface area contributed by atoms with Gasteiger partial charge in [-0.2, -0.15) is 0 Å². The molecule has 134 heavy (non-hydrogen) atoms. The average molecular weight is 1750 g/mol. The van der Waals surface area contributed by atoms with E-state index >= 15 is 0 Å². The number of nitrogens with zero attached hydrogens (tertiary/aromatic N) is 12. The van der Waals surface area contributed by atoms with Crippen LogP contribution in [0.15, 0.2) is 340 Å². The number of aromatic nitrogens is 4. The summed E-state index contributed by atoms with van der Waals surface area (Å²) in [4.78, 5) is 21.3. The molecule has 9 unspecified atom stereocenters. The number of anilines is 5. The van der Waals surface area contributed by atoms with Crippen LogP contribution >= 0.6 is 0 Å². The van der Waals surface area contributed by atoms with Crippen molar-refractivity contribution in [3.63, 3.8) is 0 Å². The Labute approximate surface area is 788 Å². The molecule has 0 radical (unpaired) electrons. The van der Waals surface area contributed by atoms with Gasteiger partial charge in [0.1, 0.15) is 0 Å². The monoisotopic (exact) mass is 1750 g/mol. The zero-order chi connectivity index (χ0) is 90.4. The Bertz CT molecular complexity index is 7680. The van der Waals surface area contributed by atoms with Crippen molar-refractivity contribution in [3.8, 4) is 22.7 Å². The first-order valence-corrected chi connectivity index (χ1v) is 49.4. The van der Waals surface area contributed by atoms with Crippen molar-refractivity contribution in [1.82, 2.24) is 33.0 Å². The van der Waals surface area contributed by atoms with E-state index in [1.165, 1.54) is 240 Å². The van der Waals surface area contributed by atoms with Gasteiger partial charge in [-0.25, -0.2) is 0 Å². The largest absolute Gasteiger partial charge is 0.353 e. The molecule has 9 atom stereocenters. The van der Waals surface area contributed by atoms with Gasteiger partial charge in [-0.3, -0.25) is 14.7 Å². The first-order valence-electron chi connectivity index (χ1n) is 49.4. The Morgan fingerprint density at radius 3 is 1.01 bits per heavy atom. The molecule has 12 heteroatoms. The average Bonchev–Trinajstić information content (AvgIpc) is 1.59. The Morgan fingerprint density at radius 1 is 0.231 bits per heavy atom. The summed E-state index contributed by atoms with van der Waals surface area (Å²) >= 11 is 0. The topological polar surface area (TPSA) is 45.6 Å². The fraction of sp³-hybridized carbons (Fsp3) is 0.262. The fourth-order valence-corrected chi connectivity index (χ4v) is 25.8. The molecular formula is C122H120N12. The summed E-state index contributed by atoms with van der Waals surface area (Å²) < 4.78 is 9.67. The smallest absolute Gasteiger partial charge is 0.0989 e. The van der Waals surface area contributed by atoms with E-state index in [9.17, 15) is 0 Å². The maximum absolute atomic E-state index is 2.73. The number of benzene rings is 15. The standard InChI is InChI=1S/C32H31N3.2C31H29N3.C28H31N3/c1-21-19-32-27(26-15-9-10-16-29(26)35(32)23-11-5-4-6-12-23)20-31(21)34-22(2)33(3)28-17-18-30(34)25-14-8-7-13-24(25)28;1-21-18-31-27(26-13-7-9-15-29(26)34(31)24-11-4-3-5-12-24)20-30(21)33-22(2)32-17-16-25(33)19-23-10-6-8-14-28(23)32;1-21-18-31-27(26-14-8-9-15-28(26)34(31)24-11-4-3-5-12-24)19-30(21)33-22(2)32-17-16-29(33)25-13-7-6-10-23(25)20-32;1-19-17-28-25(18-27(19)30-20(2)29(3)21-13-15-23(30)16-14-21)24-11-7-8-12-26(24)31(28)22-9-5-4-6-10-22/h4-16,19-20,22,28,30H,17-18H2,1-3H3;3-15,18,20,22,25H,16-17,19H2,1-2H3;3-15,18-19,22,29H,16-17,20H2,1-2H3;4-12,17-18,20-21,23H,13-16H2,1-3H3. The third-order valence-corrected chi connectivity index (χ3v) is 32.5. The Balaban J connectivity index is 0.0000000982. The van der Waals surface area contributed by atoms with Crippen molar-refractivity contribution >= 4 is 116 Å². The second-order valence-corrected chi connectivity index (χ2v) is 39.5. The molecule has 0 amide bonds. The van der Waals surface area contributed by atoms with Crippen LogP contribution in [-0.4, -0.2) is 103 Å². The van der Waals surface area contributed by atoms with Crippen molar-refractivity contribution in [2.75, 3.05) is 51.7 Å². The van der Waals surface area contributed by atoms with Gasteiger partial charge in [-0.1, -0.05) is 212 Å². The zero-order valence-electron chi connectivity index (χ0n) is 79.0. The van der Waals surface area contributed by atoms with Crippen LogP contribution < -0.4 is 24.5 Å². The number of para-hydroxylation sites is 9. The predicted molar refractivity (Wildman–Crippen MR) is 563 cm³/mol. The van der Waals surface area contributed by atoms with Crippen molar-refractivity contribution in [2.45, 2.75) is 181 Å². The molecule has 8 bridgehead atoms. The number of hydrogen-bond donors (Lipinski definition) is 0. The molecule has 1 saturated carbocycles.